The molecule has 0 aliphatic carbocycles. The Bertz CT molecular complexity index is 459. The molecule has 1 heterocycles. The third-order valence-corrected chi connectivity index (χ3v) is 4.76. The summed E-state index contributed by atoms with van der Waals surface area (Å²) in [6.07, 6.45) is 0.466. The summed E-state index contributed by atoms with van der Waals surface area (Å²) >= 11 is 1.94. The van der Waals surface area contributed by atoms with Crippen LogP contribution >= 0.6 is 11.8 Å². The molecule has 1 aliphatic heterocycles. The van der Waals surface area contributed by atoms with Crippen molar-refractivity contribution in [2.24, 2.45) is 5.73 Å². The predicted octanol–water partition coefficient (Wildman–Crippen LogP) is 2.04. The molecule has 19 heavy (non-hydrogen) atoms. The van der Waals surface area contributed by atoms with Crippen molar-refractivity contribution in [1.82, 2.24) is 4.90 Å². The maximum atomic E-state index is 12.4. The van der Waals surface area contributed by atoms with Crippen LogP contribution in [0.25, 0.3) is 0 Å². The molecule has 1 aromatic carbocycles. The number of hydrogen-bond donors (Lipinski definition) is 1. The van der Waals surface area contributed by atoms with Crippen LogP contribution in [0, 0.1) is 0 Å². The summed E-state index contributed by atoms with van der Waals surface area (Å²) in [7, 11) is 0. The largest absolute Gasteiger partial charge is 0.340 e. The standard InChI is InChI=1S/C15H22N2OS/c1-15(2)11-17(7-8-19-15)14(18)9-12-5-3-4-6-13(12)10-16/h3-6H,7-11,16H2,1-2H3. The maximum Gasteiger partial charge on any atom is 0.227 e. The van der Waals surface area contributed by atoms with E-state index >= 15 is 0 Å². The summed E-state index contributed by atoms with van der Waals surface area (Å²) < 4.78 is 0.168. The average molecular weight is 278 g/mol. The molecule has 0 spiro atoms. The zero-order chi connectivity index (χ0) is 13.9. The van der Waals surface area contributed by atoms with E-state index in [1.165, 1.54) is 0 Å². The van der Waals surface area contributed by atoms with Gasteiger partial charge in [-0.25, -0.2) is 0 Å². The third kappa shape index (κ3) is 3.74. The van der Waals surface area contributed by atoms with Crippen molar-refractivity contribution in [3.05, 3.63) is 35.4 Å². The monoisotopic (exact) mass is 278 g/mol. The van der Waals surface area contributed by atoms with Crippen molar-refractivity contribution in [1.29, 1.82) is 0 Å². The van der Waals surface area contributed by atoms with Crippen LogP contribution in [0.4, 0.5) is 0 Å². The first-order valence-corrected chi connectivity index (χ1v) is 7.69. The number of nitrogens with zero attached hydrogens (tertiary/aromatic N) is 1. The normalized spacial score (nSPS) is 18.4. The fourth-order valence-electron chi connectivity index (χ4n) is 2.43. The minimum atomic E-state index is 0.168. The lowest BCUT2D eigenvalue weighted by Gasteiger charge is -2.37. The molecule has 104 valence electrons. The highest BCUT2D eigenvalue weighted by atomic mass is 32.2. The van der Waals surface area contributed by atoms with Crippen molar-refractivity contribution >= 4 is 17.7 Å². The fourth-order valence-corrected chi connectivity index (χ4v) is 3.54. The molecule has 1 amide bonds. The zero-order valence-electron chi connectivity index (χ0n) is 11.7. The molecule has 0 bridgehead atoms. The van der Waals surface area contributed by atoms with Gasteiger partial charge >= 0.3 is 0 Å². The fraction of sp³-hybridized carbons (Fsp3) is 0.533. The molecule has 2 rings (SSSR count). The molecule has 4 heteroatoms. The Balaban J connectivity index is 2.04. The second kappa shape index (κ2) is 5.97. The first kappa shape index (κ1) is 14.4. The van der Waals surface area contributed by atoms with Gasteiger partial charge in [0.15, 0.2) is 0 Å². The van der Waals surface area contributed by atoms with Crippen LogP contribution in [0.2, 0.25) is 0 Å². The van der Waals surface area contributed by atoms with E-state index in [1.807, 2.05) is 40.9 Å². The van der Waals surface area contributed by atoms with Crippen LogP contribution in [0.15, 0.2) is 24.3 Å². The van der Waals surface area contributed by atoms with Gasteiger partial charge < -0.3 is 10.6 Å². The molecule has 0 unspecified atom stereocenters. The van der Waals surface area contributed by atoms with E-state index in [0.717, 1.165) is 30.0 Å². The number of amides is 1. The molecule has 3 nitrogen and oxygen atoms in total. The van der Waals surface area contributed by atoms with Gasteiger partial charge in [-0.3, -0.25) is 4.79 Å². The number of carbonyl (C=O) groups is 1. The van der Waals surface area contributed by atoms with Gasteiger partial charge in [-0.2, -0.15) is 11.8 Å². The first-order valence-electron chi connectivity index (χ1n) is 6.70. The van der Waals surface area contributed by atoms with E-state index in [2.05, 4.69) is 13.8 Å². The zero-order valence-corrected chi connectivity index (χ0v) is 12.5. The van der Waals surface area contributed by atoms with Crippen LogP contribution in [-0.2, 0) is 17.8 Å². The van der Waals surface area contributed by atoms with Crippen LogP contribution in [0.1, 0.15) is 25.0 Å². The molecule has 0 aromatic heterocycles. The molecule has 0 radical (unpaired) electrons. The van der Waals surface area contributed by atoms with Crippen LogP contribution in [0.5, 0.6) is 0 Å². The van der Waals surface area contributed by atoms with Crippen molar-refractivity contribution in [3.63, 3.8) is 0 Å². The number of benzene rings is 1. The summed E-state index contributed by atoms with van der Waals surface area (Å²) in [5, 5.41) is 0. The lowest BCUT2D eigenvalue weighted by atomic mass is 10.0. The summed E-state index contributed by atoms with van der Waals surface area (Å²) in [5.74, 6) is 1.24. The first-order chi connectivity index (χ1) is 9.02. The molecule has 1 saturated heterocycles. The minimum Gasteiger partial charge on any atom is -0.340 e. The second-order valence-electron chi connectivity index (χ2n) is 5.57. The Hall–Kier alpha value is -1.00. The summed E-state index contributed by atoms with van der Waals surface area (Å²) in [5.41, 5.74) is 7.85. The van der Waals surface area contributed by atoms with E-state index in [0.29, 0.717) is 13.0 Å². The highest BCUT2D eigenvalue weighted by Gasteiger charge is 2.29. The van der Waals surface area contributed by atoms with Gasteiger partial charge in [0.1, 0.15) is 0 Å². The molecule has 1 fully saturated rings. The van der Waals surface area contributed by atoms with Gasteiger partial charge in [0.05, 0.1) is 6.42 Å². The van der Waals surface area contributed by atoms with E-state index in [9.17, 15) is 4.79 Å². The number of rotatable bonds is 3. The van der Waals surface area contributed by atoms with Gasteiger partial charge in [-0.15, -0.1) is 0 Å². The van der Waals surface area contributed by atoms with E-state index < -0.39 is 0 Å². The van der Waals surface area contributed by atoms with E-state index in [-0.39, 0.29) is 10.7 Å². The quantitative estimate of drug-likeness (QED) is 0.920. The van der Waals surface area contributed by atoms with Gasteiger partial charge in [0, 0.05) is 30.1 Å². The number of nitrogens with two attached hydrogens (primary N) is 1. The smallest absolute Gasteiger partial charge is 0.227 e. The number of thioether (sulfide) groups is 1. The average Bonchev–Trinajstić information content (AvgIpc) is 2.38. The van der Waals surface area contributed by atoms with Gasteiger partial charge in [0.25, 0.3) is 0 Å². The number of hydrogen-bond acceptors (Lipinski definition) is 3. The van der Waals surface area contributed by atoms with Gasteiger partial charge in [-0.1, -0.05) is 24.3 Å². The maximum absolute atomic E-state index is 12.4. The summed E-state index contributed by atoms with van der Waals surface area (Å²) in [6.45, 7) is 6.58. The van der Waals surface area contributed by atoms with Crippen LogP contribution in [-0.4, -0.2) is 34.4 Å². The van der Waals surface area contributed by atoms with Crippen molar-refractivity contribution < 1.29 is 4.79 Å². The highest BCUT2D eigenvalue weighted by molar-refractivity contribution is 8.00. The Morgan fingerprint density at radius 3 is 2.68 bits per heavy atom. The molecule has 1 aromatic rings. The SMILES string of the molecule is CC1(C)CN(C(=O)Cc2ccccc2CN)CCS1. The van der Waals surface area contributed by atoms with Crippen molar-refractivity contribution in [3.8, 4) is 0 Å². The molecular weight excluding hydrogens is 256 g/mol. The van der Waals surface area contributed by atoms with Crippen molar-refractivity contribution in [2.75, 3.05) is 18.8 Å². The van der Waals surface area contributed by atoms with Crippen LogP contribution in [0.3, 0.4) is 0 Å². The predicted molar refractivity (Wildman–Crippen MR) is 81.2 cm³/mol. The lowest BCUT2D eigenvalue weighted by Crippen LogP contribution is -2.46. The van der Waals surface area contributed by atoms with E-state index in [4.69, 9.17) is 5.73 Å². The van der Waals surface area contributed by atoms with Crippen LogP contribution < -0.4 is 5.73 Å². The highest BCUT2D eigenvalue weighted by Crippen LogP contribution is 2.29. The molecular formula is C15H22N2OS. The van der Waals surface area contributed by atoms with Gasteiger partial charge in [0.2, 0.25) is 5.91 Å². The Morgan fingerprint density at radius 2 is 2.05 bits per heavy atom. The Labute approximate surface area is 119 Å². The topological polar surface area (TPSA) is 46.3 Å². The summed E-state index contributed by atoms with van der Waals surface area (Å²) in [4.78, 5) is 14.4. The lowest BCUT2D eigenvalue weighted by molar-refractivity contribution is -0.130. The second-order valence-corrected chi connectivity index (χ2v) is 7.38. The Morgan fingerprint density at radius 1 is 1.37 bits per heavy atom. The van der Waals surface area contributed by atoms with Crippen molar-refractivity contribution in [2.45, 2.75) is 31.6 Å². The third-order valence-electron chi connectivity index (χ3n) is 3.46. The molecule has 1 aliphatic rings. The molecule has 0 saturated carbocycles. The molecule has 0 atom stereocenters. The number of carbonyl (C=O) groups excluding carboxylic acids is 1. The Kier molecular flexibility index (Phi) is 4.53. The molecule has 2 N–H and O–H groups in total. The van der Waals surface area contributed by atoms with E-state index in [1.54, 1.807) is 0 Å². The summed E-state index contributed by atoms with van der Waals surface area (Å²) in [6, 6.07) is 7.94. The van der Waals surface area contributed by atoms with Gasteiger partial charge in [-0.05, 0) is 25.0 Å². The minimum absolute atomic E-state index is 0.168.